The van der Waals surface area contributed by atoms with Crippen molar-refractivity contribution in [1.29, 1.82) is 0 Å². The van der Waals surface area contributed by atoms with Gasteiger partial charge in [0.1, 0.15) is 18.4 Å². The predicted molar refractivity (Wildman–Crippen MR) is 163 cm³/mol. The van der Waals surface area contributed by atoms with Crippen LogP contribution in [0, 0.1) is 19.7 Å². The molecule has 0 heterocycles. The van der Waals surface area contributed by atoms with Crippen LogP contribution in [0.4, 0.5) is 10.1 Å². The number of amides is 2. The van der Waals surface area contributed by atoms with Crippen LogP contribution in [0.2, 0.25) is 5.02 Å². The monoisotopic (exact) mass is 613 g/mol. The molecule has 0 aromatic heterocycles. The highest BCUT2D eigenvalue weighted by Crippen LogP contribution is 2.31. The lowest BCUT2D eigenvalue weighted by atomic mass is 10.1. The van der Waals surface area contributed by atoms with Crippen molar-refractivity contribution in [3.63, 3.8) is 0 Å². The summed E-state index contributed by atoms with van der Waals surface area (Å²) >= 11 is 6.39. The molecule has 0 saturated heterocycles. The molecule has 1 atom stereocenters. The molecule has 1 aliphatic carbocycles. The van der Waals surface area contributed by atoms with Crippen LogP contribution < -0.4 is 9.62 Å². The predicted octanol–water partition coefficient (Wildman–Crippen LogP) is 6.16. The number of anilines is 1. The Bertz CT molecular complexity index is 1510. The van der Waals surface area contributed by atoms with Gasteiger partial charge in [-0.15, -0.1) is 0 Å². The van der Waals surface area contributed by atoms with Crippen molar-refractivity contribution in [3.8, 4) is 0 Å². The Morgan fingerprint density at radius 1 is 1.00 bits per heavy atom. The number of carbonyl (C=O) groups excluding carboxylic acids is 2. The molecule has 224 valence electrons. The zero-order valence-electron chi connectivity index (χ0n) is 24.1. The second-order valence-corrected chi connectivity index (χ2v) is 13.0. The third-order valence-electron chi connectivity index (χ3n) is 7.75. The summed E-state index contributed by atoms with van der Waals surface area (Å²) in [6, 6.07) is 16.2. The van der Waals surface area contributed by atoms with E-state index in [2.05, 4.69) is 5.32 Å². The summed E-state index contributed by atoms with van der Waals surface area (Å²) in [5.74, 6) is -1.27. The van der Waals surface area contributed by atoms with Crippen molar-refractivity contribution in [2.45, 2.75) is 76.4 Å². The maximum atomic E-state index is 14.2. The van der Waals surface area contributed by atoms with E-state index in [4.69, 9.17) is 11.6 Å². The zero-order valence-corrected chi connectivity index (χ0v) is 25.7. The Kier molecular flexibility index (Phi) is 10.3. The van der Waals surface area contributed by atoms with Gasteiger partial charge >= 0.3 is 0 Å². The summed E-state index contributed by atoms with van der Waals surface area (Å²) in [5.41, 5.74) is 2.27. The first-order valence-corrected chi connectivity index (χ1v) is 16.0. The van der Waals surface area contributed by atoms with Crippen LogP contribution >= 0.6 is 11.6 Å². The van der Waals surface area contributed by atoms with Gasteiger partial charge < -0.3 is 10.2 Å². The molecule has 0 unspecified atom stereocenters. The van der Waals surface area contributed by atoms with Crippen molar-refractivity contribution in [2.75, 3.05) is 10.8 Å². The SMILES string of the molecule is CC[C@H](C(=O)NC1CCCC1)N(Cc1ccc(F)cc1)C(=O)CN(c1cccc(Cl)c1C)S(=O)(=O)c1ccc(C)cc1. The Morgan fingerprint density at radius 2 is 1.64 bits per heavy atom. The minimum Gasteiger partial charge on any atom is -0.352 e. The van der Waals surface area contributed by atoms with Crippen LogP contribution in [0.1, 0.15) is 55.7 Å². The molecule has 2 amide bonds. The summed E-state index contributed by atoms with van der Waals surface area (Å²) in [4.78, 5) is 29.1. The lowest BCUT2D eigenvalue weighted by Crippen LogP contribution is -2.53. The minimum absolute atomic E-state index is 0.00263. The fraction of sp³-hybridized carbons (Fsp3) is 0.375. The number of halogens is 2. The van der Waals surface area contributed by atoms with E-state index in [0.717, 1.165) is 35.6 Å². The van der Waals surface area contributed by atoms with Crippen LogP contribution in [0.5, 0.6) is 0 Å². The number of aryl methyl sites for hydroxylation is 1. The standard InChI is InChI=1S/C32H37ClFN3O4S/c1-4-29(32(39)35-26-8-5-6-9-26)36(20-24-14-16-25(34)17-15-24)31(38)21-37(30-11-7-10-28(33)23(30)3)42(40,41)27-18-12-22(2)13-19-27/h7,10-19,26,29H,4-6,8-9,20-21H2,1-3H3,(H,35,39)/t29-/m1/s1. The number of hydrogen-bond donors (Lipinski definition) is 1. The summed E-state index contributed by atoms with van der Waals surface area (Å²) in [6.07, 6.45) is 4.14. The number of rotatable bonds is 11. The van der Waals surface area contributed by atoms with Gasteiger partial charge in [-0.25, -0.2) is 12.8 Å². The molecule has 1 N–H and O–H groups in total. The van der Waals surface area contributed by atoms with Crippen molar-refractivity contribution in [2.24, 2.45) is 0 Å². The Labute approximate surface area is 252 Å². The molecule has 1 aliphatic rings. The maximum Gasteiger partial charge on any atom is 0.264 e. The smallest absolute Gasteiger partial charge is 0.264 e. The Morgan fingerprint density at radius 3 is 2.26 bits per heavy atom. The number of nitrogens with zero attached hydrogens (tertiary/aromatic N) is 2. The summed E-state index contributed by atoms with van der Waals surface area (Å²) in [6.45, 7) is 4.80. The molecule has 0 spiro atoms. The number of nitrogens with one attached hydrogen (secondary N) is 1. The van der Waals surface area contributed by atoms with Crippen molar-refractivity contribution in [1.82, 2.24) is 10.2 Å². The molecule has 4 rings (SSSR count). The Balaban J connectivity index is 1.74. The van der Waals surface area contributed by atoms with Gasteiger partial charge in [0.15, 0.2) is 0 Å². The molecule has 1 fully saturated rings. The van der Waals surface area contributed by atoms with E-state index < -0.39 is 34.3 Å². The molecular weight excluding hydrogens is 577 g/mol. The molecule has 0 bridgehead atoms. The zero-order chi connectivity index (χ0) is 30.4. The summed E-state index contributed by atoms with van der Waals surface area (Å²) in [5, 5.41) is 3.44. The topological polar surface area (TPSA) is 86.8 Å². The molecule has 42 heavy (non-hydrogen) atoms. The second-order valence-electron chi connectivity index (χ2n) is 10.8. The number of sulfonamides is 1. The lowest BCUT2D eigenvalue weighted by molar-refractivity contribution is -0.140. The van der Waals surface area contributed by atoms with Crippen molar-refractivity contribution in [3.05, 3.63) is 94.3 Å². The first-order valence-electron chi connectivity index (χ1n) is 14.2. The van der Waals surface area contributed by atoms with E-state index in [-0.39, 0.29) is 29.1 Å². The first-order chi connectivity index (χ1) is 20.0. The largest absolute Gasteiger partial charge is 0.352 e. The summed E-state index contributed by atoms with van der Waals surface area (Å²) in [7, 11) is -4.21. The second kappa shape index (κ2) is 13.7. The van der Waals surface area contributed by atoms with Crippen LogP contribution in [-0.4, -0.2) is 43.8 Å². The molecule has 3 aromatic rings. The molecule has 1 saturated carbocycles. The minimum atomic E-state index is -4.21. The van der Waals surface area contributed by atoms with E-state index in [1.807, 2.05) is 13.8 Å². The van der Waals surface area contributed by atoms with Gasteiger partial charge in [-0.2, -0.15) is 0 Å². The van der Waals surface area contributed by atoms with E-state index in [1.165, 1.54) is 29.2 Å². The average Bonchev–Trinajstić information content (AvgIpc) is 3.47. The normalized spacial score (nSPS) is 14.4. The highest BCUT2D eigenvalue weighted by molar-refractivity contribution is 7.92. The third kappa shape index (κ3) is 7.31. The third-order valence-corrected chi connectivity index (χ3v) is 9.93. The molecule has 7 nitrogen and oxygen atoms in total. The van der Waals surface area contributed by atoms with E-state index in [9.17, 15) is 22.4 Å². The average molecular weight is 614 g/mol. The van der Waals surface area contributed by atoms with Gasteiger partial charge in [0.25, 0.3) is 10.0 Å². The molecule has 3 aromatic carbocycles. The fourth-order valence-electron chi connectivity index (χ4n) is 5.29. The first kappa shape index (κ1) is 31.5. The number of benzene rings is 3. The summed E-state index contributed by atoms with van der Waals surface area (Å²) < 4.78 is 42.8. The Hall–Kier alpha value is -3.43. The molecule has 0 radical (unpaired) electrons. The van der Waals surface area contributed by atoms with Crippen LogP contribution in [0.25, 0.3) is 0 Å². The maximum absolute atomic E-state index is 14.2. The molecule has 10 heteroatoms. The van der Waals surface area contributed by atoms with Gasteiger partial charge in [0.2, 0.25) is 11.8 Å². The van der Waals surface area contributed by atoms with E-state index >= 15 is 0 Å². The number of hydrogen-bond acceptors (Lipinski definition) is 4. The van der Waals surface area contributed by atoms with Crippen LogP contribution in [0.15, 0.2) is 71.6 Å². The van der Waals surface area contributed by atoms with Gasteiger partial charge in [-0.3, -0.25) is 13.9 Å². The molecule has 0 aliphatic heterocycles. The fourth-order valence-corrected chi connectivity index (χ4v) is 6.93. The highest BCUT2D eigenvalue weighted by Gasteiger charge is 2.35. The lowest BCUT2D eigenvalue weighted by Gasteiger charge is -2.34. The van der Waals surface area contributed by atoms with Gasteiger partial charge in [0, 0.05) is 17.6 Å². The number of carbonyl (C=O) groups is 2. The quantitative estimate of drug-likeness (QED) is 0.281. The van der Waals surface area contributed by atoms with E-state index in [0.29, 0.717) is 22.6 Å². The van der Waals surface area contributed by atoms with Gasteiger partial charge in [-0.1, -0.05) is 67.3 Å². The van der Waals surface area contributed by atoms with Crippen LogP contribution in [0.3, 0.4) is 0 Å². The van der Waals surface area contributed by atoms with Crippen molar-refractivity contribution >= 4 is 39.1 Å². The van der Waals surface area contributed by atoms with Gasteiger partial charge in [-0.05, 0) is 80.6 Å². The highest BCUT2D eigenvalue weighted by atomic mass is 35.5. The van der Waals surface area contributed by atoms with Crippen LogP contribution in [-0.2, 0) is 26.2 Å². The van der Waals surface area contributed by atoms with Crippen molar-refractivity contribution < 1.29 is 22.4 Å². The van der Waals surface area contributed by atoms with E-state index in [1.54, 1.807) is 49.4 Å². The van der Waals surface area contributed by atoms with Gasteiger partial charge in [0.05, 0.1) is 10.6 Å². The molecular formula is C32H37ClFN3O4S.